The summed E-state index contributed by atoms with van der Waals surface area (Å²) in [6, 6.07) is 9.93. The van der Waals surface area contributed by atoms with Crippen LogP contribution < -0.4 is 10.1 Å². The fraction of sp³-hybridized carbons (Fsp3) is 0.625. The van der Waals surface area contributed by atoms with Crippen molar-refractivity contribution in [3.63, 3.8) is 0 Å². The van der Waals surface area contributed by atoms with Gasteiger partial charge in [-0.05, 0) is 56.5 Å². The van der Waals surface area contributed by atoms with Gasteiger partial charge in [0, 0.05) is 18.6 Å². The van der Waals surface area contributed by atoms with Crippen molar-refractivity contribution in [3.8, 4) is 5.75 Å². The molecule has 1 aromatic carbocycles. The van der Waals surface area contributed by atoms with Gasteiger partial charge in [0.2, 0.25) is 0 Å². The molecule has 0 aliphatic carbocycles. The molecule has 0 bridgehead atoms. The van der Waals surface area contributed by atoms with Gasteiger partial charge in [-0.3, -0.25) is 4.90 Å². The zero-order valence-electron chi connectivity index (χ0n) is 11.8. The predicted octanol–water partition coefficient (Wildman–Crippen LogP) is 2.41. The molecule has 19 heavy (non-hydrogen) atoms. The van der Waals surface area contributed by atoms with Crippen molar-refractivity contribution in [2.45, 2.75) is 44.3 Å². The van der Waals surface area contributed by atoms with E-state index in [0.29, 0.717) is 6.04 Å². The maximum Gasteiger partial charge on any atom is 0.119 e. The number of hydrogen-bond acceptors (Lipinski definition) is 3. The summed E-state index contributed by atoms with van der Waals surface area (Å²) >= 11 is 0. The van der Waals surface area contributed by atoms with Crippen LogP contribution in [-0.2, 0) is 6.54 Å². The zero-order chi connectivity index (χ0) is 13.1. The van der Waals surface area contributed by atoms with E-state index in [2.05, 4.69) is 28.4 Å². The van der Waals surface area contributed by atoms with Crippen molar-refractivity contribution in [2.24, 2.45) is 0 Å². The fourth-order valence-electron chi connectivity index (χ4n) is 3.55. The first kappa shape index (κ1) is 12.9. The van der Waals surface area contributed by atoms with Gasteiger partial charge in [-0.25, -0.2) is 0 Å². The second-order valence-corrected chi connectivity index (χ2v) is 5.73. The Hall–Kier alpha value is -1.06. The third-order valence-corrected chi connectivity index (χ3v) is 4.50. The number of hydrogen-bond donors (Lipinski definition) is 1. The quantitative estimate of drug-likeness (QED) is 0.900. The molecule has 2 fully saturated rings. The van der Waals surface area contributed by atoms with E-state index in [9.17, 15) is 0 Å². The molecule has 3 rings (SSSR count). The van der Waals surface area contributed by atoms with Crippen LogP contribution in [0.2, 0.25) is 0 Å². The summed E-state index contributed by atoms with van der Waals surface area (Å²) in [7, 11) is 1.74. The molecule has 104 valence electrons. The molecule has 3 heteroatoms. The summed E-state index contributed by atoms with van der Waals surface area (Å²) in [5, 5.41) is 3.67. The van der Waals surface area contributed by atoms with Crippen LogP contribution >= 0.6 is 0 Å². The van der Waals surface area contributed by atoms with Gasteiger partial charge in [0.25, 0.3) is 0 Å². The van der Waals surface area contributed by atoms with Gasteiger partial charge >= 0.3 is 0 Å². The van der Waals surface area contributed by atoms with E-state index in [1.807, 2.05) is 6.07 Å². The standard InChI is InChI=1S/C16H24N2O/c1-19-14-6-2-5-13(11-14)12-18-10-4-8-16(18)15-7-3-9-17-15/h2,5-6,11,15-17H,3-4,7-10,12H2,1H3. The van der Waals surface area contributed by atoms with Crippen LogP contribution in [0.1, 0.15) is 31.2 Å². The molecular weight excluding hydrogens is 236 g/mol. The third-order valence-electron chi connectivity index (χ3n) is 4.50. The van der Waals surface area contributed by atoms with Crippen LogP contribution in [0.15, 0.2) is 24.3 Å². The average Bonchev–Trinajstić information content (AvgIpc) is 3.09. The van der Waals surface area contributed by atoms with Crippen molar-refractivity contribution in [3.05, 3.63) is 29.8 Å². The van der Waals surface area contributed by atoms with Gasteiger partial charge in [-0.15, -0.1) is 0 Å². The van der Waals surface area contributed by atoms with Crippen molar-refractivity contribution in [1.29, 1.82) is 0 Å². The van der Waals surface area contributed by atoms with Gasteiger partial charge in [0.1, 0.15) is 5.75 Å². The molecule has 0 spiro atoms. The van der Waals surface area contributed by atoms with Crippen LogP contribution in [0.25, 0.3) is 0 Å². The lowest BCUT2D eigenvalue weighted by atomic mass is 10.0. The zero-order valence-corrected chi connectivity index (χ0v) is 11.8. The molecule has 2 aliphatic rings. The SMILES string of the molecule is COc1cccc(CN2CCCC2C2CCCN2)c1. The fourth-order valence-corrected chi connectivity index (χ4v) is 3.55. The van der Waals surface area contributed by atoms with E-state index in [-0.39, 0.29) is 0 Å². The van der Waals surface area contributed by atoms with E-state index in [1.54, 1.807) is 7.11 Å². The van der Waals surface area contributed by atoms with Gasteiger partial charge < -0.3 is 10.1 Å². The highest BCUT2D eigenvalue weighted by Gasteiger charge is 2.32. The van der Waals surface area contributed by atoms with Crippen LogP contribution in [0.3, 0.4) is 0 Å². The smallest absolute Gasteiger partial charge is 0.119 e. The highest BCUT2D eigenvalue weighted by molar-refractivity contribution is 5.28. The highest BCUT2D eigenvalue weighted by Crippen LogP contribution is 2.27. The maximum atomic E-state index is 5.32. The molecule has 0 saturated carbocycles. The number of methoxy groups -OCH3 is 1. The van der Waals surface area contributed by atoms with E-state index >= 15 is 0 Å². The monoisotopic (exact) mass is 260 g/mol. The normalized spacial score (nSPS) is 27.8. The molecule has 2 unspecified atom stereocenters. The number of likely N-dealkylation sites (tertiary alicyclic amines) is 1. The van der Waals surface area contributed by atoms with E-state index in [4.69, 9.17) is 4.74 Å². The number of nitrogens with zero attached hydrogens (tertiary/aromatic N) is 1. The molecule has 0 radical (unpaired) electrons. The number of benzene rings is 1. The van der Waals surface area contributed by atoms with E-state index in [0.717, 1.165) is 18.3 Å². The molecule has 0 aromatic heterocycles. The second kappa shape index (κ2) is 5.93. The predicted molar refractivity (Wildman–Crippen MR) is 77.5 cm³/mol. The molecule has 2 heterocycles. The summed E-state index contributed by atoms with van der Waals surface area (Å²) in [6.07, 6.45) is 5.38. The molecule has 1 N–H and O–H groups in total. The van der Waals surface area contributed by atoms with Crippen molar-refractivity contribution in [2.75, 3.05) is 20.2 Å². The number of ether oxygens (including phenoxy) is 1. The van der Waals surface area contributed by atoms with Crippen molar-refractivity contribution < 1.29 is 4.74 Å². The Morgan fingerprint density at radius 3 is 3.05 bits per heavy atom. The molecule has 2 saturated heterocycles. The van der Waals surface area contributed by atoms with Gasteiger partial charge in [0.05, 0.1) is 7.11 Å². The van der Waals surface area contributed by atoms with Crippen LogP contribution in [-0.4, -0.2) is 37.2 Å². The summed E-state index contributed by atoms with van der Waals surface area (Å²) in [5.74, 6) is 0.965. The average molecular weight is 260 g/mol. The lowest BCUT2D eigenvalue weighted by Gasteiger charge is -2.29. The van der Waals surface area contributed by atoms with E-state index in [1.165, 1.54) is 44.3 Å². The molecule has 1 aromatic rings. The topological polar surface area (TPSA) is 24.5 Å². The first-order valence-corrected chi connectivity index (χ1v) is 7.47. The molecule has 2 atom stereocenters. The van der Waals surface area contributed by atoms with Crippen LogP contribution in [0, 0.1) is 0 Å². The minimum Gasteiger partial charge on any atom is -0.497 e. The summed E-state index contributed by atoms with van der Waals surface area (Å²) < 4.78 is 5.32. The largest absolute Gasteiger partial charge is 0.497 e. The molecular formula is C16H24N2O. The lowest BCUT2D eigenvalue weighted by Crippen LogP contribution is -2.43. The Balaban J connectivity index is 1.67. The first-order valence-electron chi connectivity index (χ1n) is 7.47. The Morgan fingerprint density at radius 1 is 1.32 bits per heavy atom. The summed E-state index contributed by atoms with van der Waals surface area (Å²) in [4.78, 5) is 2.65. The maximum absolute atomic E-state index is 5.32. The molecule has 0 amide bonds. The number of rotatable bonds is 4. The van der Waals surface area contributed by atoms with Gasteiger partial charge in [-0.2, -0.15) is 0 Å². The van der Waals surface area contributed by atoms with E-state index < -0.39 is 0 Å². The highest BCUT2D eigenvalue weighted by atomic mass is 16.5. The third kappa shape index (κ3) is 2.93. The van der Waals surface area contributed by atoms with Crippen LogP contribution in [0.5, 0.6) is 5.75 Å². The summed E-state index contributed by atoms with van der Waals surface area (Å²) in [5.41, 5.74) is 1.37. The number of nitrogens with one attached hydrogen (secondary N) is 1. The van der Waals surface area contributed by atoms with Crippen molar-refractivity contribution in [1.82, 2.24) is 10.2 Å². The van der Waals surface area contributed by atoms with Gasteiger partial charge in [-0.1, -0.05) is 12.1 Å². The summed E-state index contributed by atoms with van der Waals surface area (Å²) in [6.45, 7) is 3.49. The Morgan fingerprint density at radius 2 is 2.26 bits per heavy atom. The Kier molecular flexibility index (Phi) is 4.04. The van der Waals surface area contributed by atoms with Crippen molar-refractivity contribution >= 4 is 0 Å². The second-order valence-electron chi connectivity index (χ2n) is 5.73. The molecule has 2 aliphatic heterocycles. The minimum absolute atomic E-state index is 0.716. The first-order chi connectivity index (χ1) is 9.36. The molecule has 3 nitrogen and oxygen atoms in total. The van der Waals surface area contributed by atoms with Gasteiger partial charge in [0.15, 0.2) is 0 Å². The minimum atomic E-state index is 0.716. The lowest BCUT2D eigenvalue weighted by molar-refractivity contribution is 0.206. The Bertz CT molecular complexity index is 415. The Labute approximate surface area is 115 Å². The van der Waals surface area contributed by atoms with Crippen LogP contribution in [0.4, 0.5) is 0 Å².